The standard InChI is InChI=1S/C18H20N6O2/c1-22-17(7-8-19-22)18(25)23-10-16(11-23)24-9-15(20-21-24)13-26-12-14-5-3-2-4-6-14/h2-9,16H,10-13H2,1H3. The van der Waals surface area contributed by atoms with E-state index in [0.29, 0.717) is 32.0 Å². The molecule has 8 heteroatoms. The Hall–Kier alpha value is -3.00. The fourth-order valence-electron chi connectivity index (χ4n) is 2.94. The van der Waals surface area contributed by atoms with E-state index in [-0.39, 0.29) is 11.9 Å². The number of benzene rings is 1. The number of likely N-dealkylation sites (tertiary alicyclic amines) is 1. The fourth-order valence-corrected chi connectivity index (χ4v) is 2.94. The SMILES string of the molecule is Cn1nccc1C(=O)N1CC(n2cc(COCc3ccccc3)nn2)C1. The first-order valence-corrected chi connectivity index (χ1v) is 8.50. The van der Waals surface area contributed by atoms with Crippen LogP contribution < -0.4 is 0 Å². The maximum absolute atomic E-state index is 12.4. The van der Waals surface area contributed by atoms with E-state index in [2.05, 4.69) is 15.4 Å². The van der Waals surface area contributed by atoms with E-state index in [4.69, 9.17) is 4.74 Å². The van der Waals surface area contributed by atoms with Crippen molar-refractivity contribution in [3.8, 4) is 0 Å². The maximum Gasteiger partial charge on any atom is 0.272 e. The van der Waals surface area contributed by atoms with E-state index < -0.39 is 0 Å². The molecule has 0 bridgehead atoms. The molecule has 0 saturated carbocycles. The van der Waals surface area contributed by atoms with Crippen molar-refractivity contribution in [2.24, 2.45) is 7.05 Å². The molecule has 3 heterocycles. The molecule has 0 atom stereocenters. The fraction of sp³-hybridized carbons (Fsp3) is 0.333. The van der Waals surface area contributed by atoms with Crippen LogP contribution >= 0.6 is 0 Å². The van der Waals surface area contributed by atoms with E-state index in [1.807, 2.05) is 41.2 Å². The van der Waals surface area contributed by atoms with Gasteiger partial charge in [-0.2, -0.15) is 5.10 Å². The van der Waals surface area contributed by atoms with Crippen LogP contribution in [-0.2, 0) is 25.0 Å². The molecule has 1 fully saturated rings. The average molecular weight is 352 g/mol. The molecule has 1 amide bonds. The minimum atomic E-state index is -0.00668. The summed E-state index contributed by atoms with van der Waals surface area (Å²) >= 11 is 0. The summed E-state index contributed by atoms with van der Waals surface area (Å²) in [7, 11) is 1.77. The van der Waals surface area contributed by atoms with Crippen molar-refractivity contribution in [2.45, 2.75) is 19.3 Å². The topological polar surface area (TPSA) is 78.1 Å². The van der Waals surface area contributed by atoms with Crippen LogP contribution in [0.3, 0.4) is 0 Å². The van der Waals surface area contributed by atoms with Crippen LogP contribution in [0.25, 0.3) is 0 Å². The van der Waals surface area contributed by atoms with Gasteiger partial charge >= 0.3 is 0 Å². The van der Waals surface area contributed by atoms with E-state index >= 15 is 0 Å². The van der Waals surface area contributed by atoms with Crippen molar-refractivity contribution in [2.75, 3.05) is 13.1 Å². The van der Waals surface area contributed by atoms with Gasteiger partial charge in [-0.25, -0.2) is 4.68 Å². The monoisotopic (exact) mass is 352 g/mol. The zero-order valence-electron chi connectivity index (χ0n) is 14.5. The molecule has 0 unspecified atom stereocenters. The molecule has 1 saturated heterocycles. The number of carbonyl (C=O) groups is 1. The van der Waals surface area contributed by atoms with Gasteiger partial charge in [0.1, 0.15) is 11.4 Å². The number of rotatable bonds is 6. The highest BCUT2D eigenvalue weighted by Crippen LogP contribution is 2.22. The van der Waals surface area contributed by atoms with Crippen LogP contribution in [0.15, 0.2) is 48.8 Å². The molecule has 0 radical (unpaired) electrons. The predicted molar refractivity (Wildman–Crippen MR) is 93.1 cm³/mol. The molecule has 2 aromatic heterocycles. The van der Waals surface area contributed by atoms with Crippen LogP contribution in [0.1, 0.15) is 27.8 Å². The molecule has 3 aromatic rings. The first kappa shape index (κ1) is 16.5. The van der Waals surface area contributed by atoms with Gasteiger partial charge in [-0.1, -0.05) is 35.5 Å². The first-order chi connectivity index (χ1) is 12.7. The summed E-state index contributed by atoms with van der Waals surface area (Å²) in [5.74, 6) is -0.00668. The van der Waals surface area contributed by atoms with Gasteiger partial charge < -0.3 is 9.64 Å². The van der Waals surface area contributed by atoms with Crippen LogP contribution in [0, 0.1) is 0 Å². The number of ether oxygens (including phenoxy) is 1. The van der Waals surface area contributed by atoms with Crippen LogP contribution in [-0.4, -0.2) is 48.7 Å². The van der Waals surface area contributed by atoms with Crippen LogP contribution in [0.4, 0.5) is 0 Å². The third-order valence-electron chi connectivity index (χ3n) is 4.48. The molecule has 26 heavy (non-hydrogen) atoms. The molecule has 0 aliphatic carbocycles. The summed E-state index contributed by atoms with van der Waals surface area (Å²) in [5, 5.41) is 12.4. The Labute approximate surface area is 151 Å². The van der Waals surface area contributed by atoms with Gasteiger partial charge in [-0.15, -0.1) is 5.10 Å². The molecule has 1 aliphatic rings. The molecule has 1 aliphatic heterocycles. The highest BCUT2D eigenvalue weighted by atomic mass is 16.5. The molecular weight excluding hydrogens is 332 g/mol. The molecular formula is C18H20N6O2. The lowest BCUT2D eigenvalue weighted by molar-refractivity contribution is 0.0487. The second kappa shape index (κ2) is 7.09. The zero-order valence-corrected chi connectivity index (χ0v) is 14.5. The third-order valence-corrected chi connectivity index (χ3v) is 4.48. The van der Waals surface area contributed by atoms with Crippen molar-refractivity contribution >= 4 is 5.91 Å². The predicted octanol–water partition coefficient (Wildman–Crippen LogP) is 1.43. The van der Waals surface area contributed by atoms with Crippen molar-refractivity contribution in [1.82, 2.24) is 29.7 Å². The van der Waals surface area contributed by atoms with Crippen molar-refractivity contribution in [3.63, 3.8) is 0 Å². The molecule has 134 valence electrons. The van der Waals surface area contributed by atoms with E-state index in [9.17, 15) is 4.79 Å². The summed E-state index contributed by atoms with van der Waals surface area (Å²) in [4.78, 5) is 14.2. The van der Waals surface area contributed by atoms with Gasteiger partial charge in [-0.3, -0.25) is 9.48 Å². The zero-order chi connectivity index (χ0) is 17.9. The first-order valence-electron chi connectivity index (χ1n) is 8.50. The number of carbonyl (C=O) groups excluding carboxylic acids is 1. The molecule has 8 nitrogen and oxygen atoms in total. The Bertz CT molecular complexity index is 882. The number of aryl methyl sites for hydroxylation is 1. The lowest BCUT2D eigenvalue weighted by Crippen LogP contribution is -2.51. The van der Waals surface area contributed by atoms with Crippen molar-refractivity contribution in [1.29, 1.82) is 0 Å². The Kier molecular flexibility index (Phi) is 4.49. The number of hydrogen-bond donors (Lipinski definition) is 0. The molecule has 1 aromatic carbocycles. The van der Waals surface area contributed by atoms with Gasteiger partial charge in [0.15, 0.2) is 0 Å². The summed E-state index contributed by atoms with van der Waals surface area (Å²) < 4.78 is 9.09. The lowest BCUT2D eigenvalue weighted by atomic mass is 10.1. The smallest absolute Gasteiger partial charge is 0.272 e. The van der Waals surface area contributed by atoms with Gasteiger partial charge in [-0.05, 0) is 11.6 Å². The van der Waals surface area contributed by atoms with Crippen LogP contribution in [0.5, 0.6) is 0 Å². The number of aromatic nitrogens is 5. The minimum Gasteiger partial charge on any atom is -0.370 e. The van der Waals surface area contributed by atoms with Gasteiger partial charge in [0.2, 0.25) is 0 Å². The second-order valence-electron chi connectivity index (χ2n) is 6.37. The summed E-state index contributed by atoms with van der Waals surface area (Å²) in [6, 6.07) is 11.9. The highest BCUT2D eigenvalue weighted by molar-refractivity contribution is 5.93. The number of amides is 1. The van der Waals surface area contributed by atoms with Gasteiger partial charge in [0, 0.05) is 26.3 Å². The highest BCUT2D eigenvalue weighted by Gasteiger charge is 2.34. The lowest BCUT2D eigenvalue weighted by Gasteiger charge is -2.38. The Morgan fingerprint density at radius 1 is 1.19 bits per heavy atom. The molecule has 0 spiro atoms. The maximum atomic E-state index is 12.4. The largest absolute Gasteiger partial charge is 0.370 e. The Balaban J connectivity index is 1.27. The van der Waals surface area contributed by atoms with E-state index in [1.165, 1.54) is 0 Å². The second-order valence-corrected chi connectivity index (χ2v) is 6.37. The van der Waals surface area contributed by atoms with Crippen molar-refractivity contribution in [3.05, 3.63) is 65.7 Å². The average Bonchev–Trinajstić information content (AvgIpc) is 3.24. The third kappa shape index (κ3) is 3.36. The number of nitrogens with zero attached hydrogens (tertiary/aromatic N) is 6. The quantitative estimate of drug-likeness (QED) is 0.671. The van der Waals surface area contributed by atoms with E-state index in [1.54, 1.807) is 28.9 Å². The molecule has 4 rings (SSSR count). The van der Waals surface area contributed by atoms with E-state index in [0.717, 1.165) is 11.3 Å². The Morgan fingerprint density at radius 2 is 2.00 bits per heavy atom. The van der Waals surface area contributed by atoms with Gasteiger partial charge in [0.05, 0.1) is 25.5 Å². The number of hydrogen-bond acceptors (Lipinski definition) is 5. The summed E-state index contributed by atoms with van der Waals surface area (Å²) in [6.45, 7) is 2.21. The minimum absolute atomic E-state index is 0.00668. The summed E-state index contributed by atoms with van der Waals surface area (Å²) in [6.07, 6.45) is 3.52. The van der Waals surface area contributed by atoms with Gasteiger partial charge in [0.25, 0.3) is 5.91 Å². The Morgan fingerprint density at radius 3 is 2.73 bits per heavy atom. The normalized spacial score (nSPS) is 14.4. The molecule has 0 N–H and O–H groups in total. The van der Waals surface area contributed by atoms with Crippen molar-refractivity contribution < 1.29 is 9.53 Å². The van der Waals surface area contributed by atoms with Crippen LogP contribution in [0.2, 0.25) is 0 Å². The summed E-state index contributed by atoms with van der Waals surface area (Å²) in [5.41, 5.74) is 2.51.